The summed E-state index contributed by atoms with van der Waals surface area (Å²) in [6.07, 6.45) is 0.444. The van der Waals surface area contributed by atoms with Gasteiger partial charge in [-0.05, 0) is 18.2 Å². The first-order chi connectivity index (χ1) is 9.78. The van der Waals surface area contributed by atoms with Crippen molar-refractivity contribution >= 4 is 23.4 Å². The van der Waals surface area contributed by atoms with E-state index in [0.717, 1.165) is 21.9 Å². The maximum Gasteiger partial charge on any atom is 0.225 e. The van der Waals surface area contributed by atoms with Crippen molar-refractivity contribution in [1.29, 1.82) is 0 Å². The molecule has 1 heterocycles. The van der Waals surface area contributed by atoms with Crippen LogP contribution in [0.5, 0.6) is 5.75 Å². The fraction of sp³-hybridized carbons (Fsp3) is 0.188. The van der Waals surface area contributed by atoms with Gasteiger partial charge in [0.2, 0.25) is 5.91 Å². The van der Waals surface area contributed by atoms with Crippen molar-refractivity contribution in [2.75, 3.05) is 12.4 Å². The Morgan fingerprint density at radius 1 is 1.15 bits per heavy atom. The fourth-order valence-electron chi connectivity index (χ4n) is 2.34. The lowest BCUT2D eigenvalue weighted by Crippen LogP contribution is -2.12. The van der Waals surface area contributed by atoms with E-state index in [0.29, 0.717) is 6.42 Å². The molecule has 0 fully saturated rings. The Bertz CT molecular complexity index is 642. The maximum absolute atomic E-state index is 12.1. The van der Waals surface area contributed by atoms with E-state index in [9.17, 15) is 4.79 Å². The molecule has 0 bridgehead atoms. The first-order valence-electron chi connectivity index (χ1n) is 6.46. The Morgan fingerprint density at radius 3 is 2.75 bits per heavy atom. The highest BCUT2D eigenvalue weighted by Crippen LogP contribution is 2.45. The van der Waals surface area contributed by atoms with Crippen LogP contribution in [-0.4, -0.2) is 13.0 Å². The zero-order chi connectivity index (χ0) is 13.9. The van der Waals surface area contributed by atoms with Gasteiger partial charge in [-0.2, -0.15) is 0 Å². The summed E-state index contributed by atoms with van der Waals surface area (Å²) in [5.74, 6) is 0.871. The number of rotatable bonds is 2. The molecule has 0 aromatic heterocycles. The second kappa shape index (κ2) is 5.59. The van der Waals surface area contributed by atoms with Crippen LogP contribution < -0.4 is 10.1 Å². The second-order valence-electron chi connectivity index (χ2n) is 4.60. The summed E-state index contributed by atoms with van der Waals surface area (Å²) in [5, 5.41) is 3.02. The maximum atomic E-state index is 12.1. The predicted octanol–water partition coefficient (Wildman–Crippen LogP) is 3.87. The summed E-state index contributed by atoms with van der Waals surface area (Å²) < 4.78 is 5.42. The monoisotopic (exact) mass is 285 g/mol. The van der Waals surface area contributed by atoms with Gasteiger partial charge in [-0.1, -0.05) is 30.3 Å². The number of benzene rings is 2. The second-order valence-corrected chi connectivity index (χ2v) is 5.84. The molecule has 0 saturated carbocycles. The number of carbonyl (C=O) groups is 1. The number of methoxy groups -OCH3 is 1. The van der Waals surface area contributed by atoms with Crippen molar-refractivity contribution in [1.82, 2.24) is 0 Å². The van der Waals surface area contributed by atoms with Crippen LogP contribution in [0.4, 0.5) is 5.69 Å². The minimum absolute atomic E-state index is 0.0401. The van der Waals surface area contributed by atoms with Crippen LogP contribution in [0.25, 0.3) is 0 Å². The van der Waals surface area contributed by atoms with Crippen LogP contribution in [-0.2, 0) is 4.79 Å². The molecule has 0 radical (unpaired) electrons. The van der Waals surface area contributed by atoms with Crippen LogP contribution in [0.15, 0.2) is 53.4 Å². The zero-order valence-electron chi connectivity index (χ0n) is 11.1. The van der Waals surface area contributed by atoms with E-state index in [1.807, 2.05) is 48.5 Å². The molecule has 0 spiro atoms. The summed E-state index contributed by atoms with van der Waals surface area (Å²) in [4.78, 5) is 13.2. The molecule has 0 saturated heterocycles. The molecule has 0 aliphatic carbocycles. The molecule has 3 nitrogen and oxygen atoms in total. The quantitative estimate of drug-likeness (QED) is 0.910. The lowest BCUT2D eigenvalue weighted by molar-refractivity contribution is -0.116. The zero-order valence-corrected chi connectivity index (χ0v) is 11.9. The molecule has 1 amide bonds. The molecule has 4 heteroatoms. The Labute approximate surface area is 122 Å². The van der Waals surface area contributed by atoms with Gasteiger partial charge in [0, 0.05) is 22.1 Å². The van der Waals surface area contributed by atoms with Crippen molar-refractivity contribution in [3.8, 4) is 5.75 Å². The van der Waals surface area contributed by atoms with Gasteiger partial charge in [0.05, 0.1) is 12.8 Å². The van der Waals surface area contributed by atoms with Crippen molar-refractivity contribution in [2.45, 2.75) is 16.6 Å². The Kier molecular flexibility index (Phi) is 3.65. The highest BCUT2D eigenvalue weighted by molar-refractivity contribution is 7.99. The fourth-order valence-corrected chi connectivity index (χ4v) is 3.61. The number of nitrogens with one attached hydrogen (secondary N) is 1. The van der Waals surface area contributed by atoms with Gasteiger partial charge < -0.3 is 10.1 Å². The molecule has 1 N–H and O–H groups in total. The highest BCUT2D eigenvalue weighted by atomic mass is 32.2. The average molecular weight is 285 g/mol. The van der Waals surface area contributed by atoms with E-state index in [2.05, 4.69) is 5.32 Å². The number of thioether (sulfide) groups is 1. The number of hydrogen-bond acceptors (Lipinski definition) is 3. The third kappa shape index (κ3) is 2.51. The normalized spacial score (nSPS) is 17.9. The minimum atomic E-state index is 0.0401. The summed E-state index contributed by atoms with van der Waals surface area (Å²) in [6, 6.07) is 15.8. The van der Waals surface area contributed by atoms with Crippen molar-refractivity contribution in [3.63, 3.8) is 0 Å². The lowest BCUT2D eigenvalue weighted by Gasteiger charge is -2.16. The van der Waals surface area contributed by atoms with Gasteiger partial charge in [0.15, 0.2) is 0 Å². The Hall–Kier alpha value is -1.94. The summed E-state index contributed by atoms with van der Waals surface area (Å²) in [5.41, 5.74) is 1.95. The molecule has 102 valence electrons. The molecule has 20 heavy (non-hydrogen) atoms. The van der Waals surface area contributed by atoms with Gasteiger partial charge in [0.25, 0.3) is 0 Å². The lowest BCUT2D eigenvalue weighted by atomic mass is 10.1. The van der Waals surface area contributed by atoms with Crippen LogP contribution in [0.3, 0.4) is 0 Å². The van der Waals surface area contributed by atoms with E-state index in [1.54, 1.807) is 18.9 Å². The molecule has 2 aromatic carbocycles. The Morgan fingerprint density at radius 2 is 1.90 bits per heavy atom. The van der Waals surface area contributed by atoms with Crippen molar-refractivity contribution in [3.05, 3.63) is 54.1 Å². The van der Waals surface area contributed by atoms with E-state index < -0.39 is 0 Å². The highest BCUT2D eigenvalue weighted by Gasteiger charge is 2.25. The third-order valence-electron chi connectivity index (χ3n) is 3.29. The predicted molar refractivity (Wildman–Crippen MR) is 81.3 cm³/mol. The van der Waals surface area contributed by atoms with Gasteiger partial charge >= 0.3 is 0 Å². The number of hydrogen-bond donors (Lipinski definition) is 1. The molecular formula is C16H15NO2S. The third-order valence-corrected chi connectivity index (χ3v) is 4.60. The molecule has 1 aliphatic rings. The molecular weight excluding hydrogens is 270 g/mol. The van der Waals surface area contributed by atoms with E-state index in [-0.39, 0.29) is 11.2 Å². The number of fused-ring (bicyclic) bond motifs is 1. The summed E-state index contributed by atoms with van der Waals surface area (Å²) in [6.45, 7) is 0. The molecule has 1 atom stereocenters. The van der Waals surface area contributed by atoms with Gasteiger partial charge in [-0.3, -0.25) is 4.79 Å². The standard InChI is InChI=1S/C16H15NO2S/c1-19-13-8-4-2-6-11(13)15-10-16(18)17-12-7-3-5-9-14(12)20-15/h2-9,15H,10H2,1H3,(H,17,18). The number of carbonyl (C=O) groups excluding carboxylic acids is 1. The molecule has 1 unspecified atom stereocenters. The smallest absolute Gasteiger partial charge is 0.225 e. The van der Waals surface area contributed by atoms with Crippen LogP contribution >= 0.6 is 11.8 Å². The van der Waals surface area contributed by atoms with Crippen LogP contribution in [0.2, 0.25) is 0 Å². The number of anilines is 1. The largest absolute Gasteiger partial charge is 0.496 e. The van der Waals surface area contributed by atoms with Crippen molar-refractivity contribution in [2.24, 2.45) is 0 Å². The average Bonchev–Trinajstić information content (AvgIpc) is 2.65. The topological polar surface area (TPSA) is 38.3 Å². The number of para-hydroxylation sites is 2. The number of ether oxygens (including phenoxy) is 1. The van der Waals surface area contributed by atoms with Crippen LogP contribution in [0.1, 0.15) is 17.2 Å². The number of amides is 1. The van der Waals surface area contributed by atoms with Crippen LogP contribution in [0, 0.1) is 0 Å². The van der Waals surface area contributed by atoms with E-state index >= 15 is 0 Å². The van der Waals surface area contributed by atoms with Gasteiger partial charge in [-0.15, -0.1) is 11.8 Å². The molecule has 2 aromatic rings. The van der Waals surface area contributed by atoms with E-state index in [1.165, 1.54) is 0 Å². The minimum Gasteiger partial charge on any atom is -0.496 e. The first-order valence-corrected chi connectivity index (χ1v) is 7.34. The summed E-state index contributed by atoms with van der Waals surface area (Å²) in [7, 11) is 1.66. The van der Waals surface area contributed by atoms with Gasteiger partial charge in [0.1, 0.15) is 5.75 Å². The van der Waals surface area contributed by atoms with Gasteiger partial charge in [-0.25, -0.2) is 0 Å². The molecule has 1 aliphatic heterocycles. The summed E-state index contributed by atoms with van der Waals surface area (Å²) >= 11 is 1.70. The molecule has 3 rings (SSSR count). The Balaban J connectivity index is 2.00. The van der Waals surface area contributed by atoms with E-state index in [4.69, 9.17) is 4.74 Å². The first kappa shape index (κ1) is 13.1. The van der Waals surface area contributed by atoms with Crippen molar-refractivity contribution < 1.29 is 9.53 Å². The SMILES string of the molecule is COc1ccccc1C1CC(=O)Nc2ccccc2S1.